The van der Waals surface area contributed by atoms with Crippen molar-refractivity contribution in [3.8, 4) is 0 Å². The summed E-state index contributed by atoms with van der Waals surface area (Å²) in [7, 11) is 0. The van der Waals surface area contributed by atoms with Gasteiger partial charge in [0.2, 0.25) is 5.91 Å². The van der Waals surface area contributed by atoms with Crippen molar-refractivity contribution >= 4 is 11.9 Å². The van der Waals surface area contributed by atoms with E-state index in [0.29, 0.717) is 19.4 Å². The average Bonchev–Trinajstić information content (AvgIpc) is 3.32. The molecule has 0 heterocycles. The number of carbonyl (C=O) groups is 2. The van der Waals surface area contributed by atoms with Gasteiger partial charge in [-0.15, -0.1) is 0 Å². The number of nitrogens with one attached hydrogen (secondary N) is 1. The van der Waals surface area contributed by atoms with Crippen molar-refractivity contribution in [1.29, 1.82) is 0 Å². The van der Waals surface area contributed by atoms with E-state index in [1.165, 1.54) is 250 Å². The second kappa shape index (κ2) is 56.2. The summed E-state index contributed by atoms with van der Waals surface area (Å²) in [6, 6.07) is -0.639. The van der Waals surface area contributed by atoms with Crippen LogP contribution in [0.1, 0.15) is 335 Å². The van der Waals surface area contributed by atoms with Crippen LogP contribution in [-0.4, -0.2) is 47.4 Å². The van der Waals surface area contributed by atoms with Crippen LogP contribution in [0.4, 0.5) is 0 Å². The van der Waals surface area contributed by atoms with E-state index in [1.54, 1.807) is 6.08 Å². The molecule has 0 saturated carbocycles. The third-order valence-corrected chi connectivity index (χ3v) is 14.1. The first kappa shape index (κ1) is 64.6. The Bertz CT molecular complexity index is 986. The third kappa shape index (κ3) is 52.0. The van der Waals surface area contributed by atoms with Gasteiger partial charge in [0.25, 0.3) is 0 Å². The number of hydrogen-bond donors (Lipinski definition) is 3. The Morgan fingerprint density at radius 1 is 0.409 bits per heavy atom. The molecule has 0 rings (SSSR count). The molecule has 392 valence electrons. The van der Waals surface area contributed by atoms with Gasteiger partial charge in [-0.05, 0) is 32.1 Å². The molecule has 3 N–H and O–H groups in total. The minimum absolute atomic E-state index is 0.00904. The highest BCUT2D eigenvalue weighted by molar-refractivity contribution is 5.76. The minimum atomic E-state index is -0.855. The van der Waals surface area contributed by atoms with Gasteiger partial charge < -0.3 is 20.3 Å². The maximum absolute atomic E-state index is 12.5. The van der Waals surface area contributed by atoms with E-state index in [9.17, 15) is 19.8 Å². The van der Waals surface area contributed by atoms with Crippen LogP contribution >= 0.6 is 0 Å². The zero-order valence-corrected chi connectivity index (χ0v) is 44.7. The third-order valence-electron chi connectivity index (χ3n) is 14.1. The Labute approximate surface area is 412 Å². The number of unbranched alkanes of at least 4 members (excludes halogenated alkanes) is 45. The van der Waals surface area contributed by atoms with Crippen LogP contribution in [0.25, 0.3) is 0 Å². The largest absolute Gasteiger partial charge is 0.466 e. The molecule has 2 atom stereocenters. The number of aliphatic hydroxyl groups excluding tert-OH is 2. The van der Waals surface area contributed by atoms with Gasteiger partial charge in [0.1, 0.15) is 0 Å². The quantitative estimate of drug-likeness (QED) is 0.0321. The summed E-state index contributed by atoms with van der Waals surface area (Å²) in [5.41, 5.74) is 0. The van der Waals surface area contributed by atoms with Crippen molar-refractivity contribution in [2.75, 3.05) is 13.2 Å². The smallest absolute Gasteiger partial charge is 0.305 e. The summed E-state index contributed by atoms with van der Waals surface area (Å²) in [4.78, 5) is 24.5. The van der Waals surface area contributed by atoms with Crippen LogP contribution < -0.4 is 5.32 Å². The summed E-state index contributed by atoms with van der Waals surface area (Å²) in [5, 5.41) is 23.2. The molecule has 0 aromatic rings. The van der Waals surface area contributed by atoms with Crippen molar-refractivity contribution in [2.24, 2.45) is 0 Å². The molecule has 0 radical (unpaired) electrons. The Kier molecular flexibility index (Phi) is 55.0. The Balaban J connectivity index is 3.48. The molecule has 1 amide bonds. The molecule has 0 bridgehead atoms. The maximum Gasteiger partial charge on any atom is 0.305 e. The zero-order chi connectivity index (χ0) is 47.9. The lowest BCUT2D eigenvalue weighted by molar-refractivity contribution is -0.143. The molecule has 0 spiro atoms. The van der Waals surface area contributed by atoms with Gasteiger partial charge in [0.15, 0.2) is 0 Å². The van der Waals surface area contributed by atoms with E-state index in [2.05, 4.69) is 19.2 Å². The van der Waals surface area contributed by atoms with Crippen LogP contribution in [0.3, 0.4) is 0 Å². The van der Waals surface area contributed by atoms with E-state index >= 15 is 0 Å². The van der Waals surface area contributed by atoms with E-state index in [4.69, 9.17) is 4.74 Å². The number of aliphatic hydroxyl groups is 2. The van der Waals surface area contributed by atoms with E-state index in [-0.39, 0.29) is 18.5 Å². The first-order valence-electron chi connectivity index (χ1n) is 30.0. The summed E-state index contributed by atoms with van der Waals surface area (Å²) in [6.07, 6.45) is 66.7. The van der Waals surface area contributed by atoms with Crippen molar-refractivity contribution in [3.63, 3.8) is 0 Å². The number of hydrogen-bond acceptors (Lipinski definition) is 5. The Hall–Kier alpha value is -1.40. The van der Waals surface area contributed by atoms with Crippen molar-refractivity contribution in [3.05, 3.63) is 12.2 Å². The monoisotopic (exact) mass is 932 g/mol. The zero-order valence-electron chi connectivity index (χ0n) is 44.7. The van der Waals surface area contributed by atoms with E-state index < -0.39 is 12.1 Å². The SMILES string of the molecule is CCCCCCCCCCCCCCCCCCCCCCCCC/C=C/C(O)C(CO)NC(=O)CCCCCCCCCCCCCCOC(=O)CCCCCCCCCCCCCC. The van der Waals surface area contributed by atoms with Crippen molar-refractivity contribution < 1.29 is 24.5 Å². The summed E-state index contributed by atoms with van der Waals surface area (Å²) in [5.74, 6) is -0.0884. The Morgan fingerprint density at radius 3 is 1.03 bits per heavy atom. The standard InChI is InChI=1S/C60H117NO5/c1-3-5-7-9-11-13-15-17-18-19-20-21-22-23-24-25-26-27-28-29-32-36-40-44-48-52-58(63)57(56-62)61-59(64)53-49-45-41-37-33-30-31-35-39-43-47-51-55-66-60(65)54-50-46-42-38-34-16-14-12-10-8-6-4-2/h48,52,57-58,62-63H,3-47,49-51,53-56H2,1-2H3,(H,61,64)/b52-48+. The van der Waals surface area contributed by atoms with Gasteiger partial charge in [-0.1, -0.05) is 302 Å². The highest BCUT2D eigenvalue weighted by Crippen LogP contribution is 2.18. The summed E-state index contributed by atoms with van der Waals surface area (Å²) in [6.45, 7) is 4.89. The van der Waals surface area contributed by atoms with E-state index in [1.807, 2.05) is 6.08 Å². The van der Waals surface area contributed by atoms with Crippen LogP contribution in [-0.2, 0) is 14.3 Å². The molecule has 6 heteroatoms. The summed E-state index contributed by atoms with van der Waals surface area (Å²) >= 11 is 0. The van der Waals surface area contributed by atoms with Gasteiger partial charge in [0.05, 0.1) is 25.4 Å². The highest BCUT2D eigenvalue weighted by Gasteiger charge is 2.18. The van der Waals surface area contributed by atoms with E-state index in [0.717, 1.165) is 57.8 Å². The highest BCUT2D eigenvalue weighted by atomic mass is 16.5. The lowest BCUT2D eigenvalue weighted by Gasteiger charge is -2.20. The topological polar surface area (TPSA) is 95.9 Å². The number of rotatable bonds is 56. The molecule has 6 nitrogen and oxygen atoms in total. The minimum Gasteiger partial charge on any atom is -0.466 e. The fourth-order valence-electron chi connectivity index (χ4n) is 9.46. The lowest BCUT2D eigenvalue weighted by atomic mass is 10.0. The first-order chi connectivity index (χ1) is 32.5. The Morgan fingerprint density at radius 2 is 0.697 bits per heavy atom. The number of carbonyl (C=O) groups excluding carboxylic acids is 2. The molecule has 0 saturated heterocycles. The fourth-order valence-corrected chi connectivity index (χ4v) is 9.46. The van der Waals surface area contributed by atoms with Gasteiger partial charge in [-0.3, -0.25) is 9.59 Å². The number of allylic oxidation sites excluding steroid dienone is 1. The molecule has 0 aromatic carbocycles. The molecule has 66 heavy (non-hydrogen) atoms. The molecule has 2 unspecified atom stereocenters. The summed E-state index contributed by atoms with van der Waals surface area (Å²) < 4.78 is 5.46. The molecule has 0 aliphatic heterocycles. The molecular formula is C60H117NO5. The van der Waals surface area contributed by atoms with Crippen molar-refractivity contribution in [2.45, 2.75) is 347 Å². The molecule has 0 aliphatic rings. The normalized spacial score (nSPS) is 12.6. The second-order valence-corrected chi connectivity index (χ2v) is 20.7. The molecule has 0 aromatic heterocycles. The van der Waals surface area contributed by atoms with Gasteiger partial charge >= 0.3 is 5.97 Å². The van der Waals surface area contributed by atoms with Crippen LogP contribution in [0, 0.1) is 0 Å². The average molecular weight is 933 g/mol. The van der Waals surface area contributed by atoms with Crippen LogP contribution in [0.15, 0.2) is 12.2 Å². The second-order valence-electron chi connectivity index (χ2n) is 20.7. The molecular weight excluding hydrogens is 815 g/mol. The molecule has 0 fully saturated rings. The molecule has 0 aliphatic carbocycles. The van der Waals surface area contributed by atoms with Gasteiger partial charge in [-0.2, -0.15) is 0 Å². The van der Waals surface area contributed by atoms with Gasteiger partial charge in [-0.25, -0.2) is 0 Å². The number of esters is 1. The maximum atomic E-state index is 12.5. The predicted octanol–water partition coefficient (Wildman–Crippen LogP) is 18.5. The number of amides is 1. The van der Waals surface area contributed by atoms with Gasteiger partial charge in [0, 0.05) is 12.8 Å². The van der Waals surface area contributed by atoms with Crippen LogP contribution in [0.5, 0.6) is 0 Å². The first-order valence-corrected chi connectivity index (χ1v) is 30.0. The predicted molar refractivity (Wildman–Crippen MR) is 287 cm³/mol. The van der Waals surface area contributed by atoms with Crippen molar-refractivity contribution in [1.82, 2.24) is 5.32 Å². The van der Waals surface area contributed by atoms with Crippen LogP contribution in [0.2, 0.25) is 0 Å². The fraction of sp³-hybridized carbons (Fsp3) is 0.933. The number of ether oxygens (including phenoxy) is 1. The lowest BCUT2D eigenvalue weighted by Crippen LogP contribution is -2.45.